The molecule has 5 nitrogen and oxygen atoms in total. The quantitative estimate of drug-likeness (QED) is 0.247. The molecule has 0 aromatic heterocycles. The van der Waals surface area contributed by atoms with Crippen molar-refractivity contribution in [3.63, 3.8) is 0 Å². The summed E-state index contributed by atoms with van der Waals surface area (Å²) >= 11 is 0. The van der Waals surface area contributed by atoms with Crippen molar-refractivity contribution >= 4 is 12.1 Å². The Morgan fingerprint density at radius 3 is 2.41 bits per heavy atom. The van der Waals surface area contributed by atoms with Gasteiger partial charge in [0, 0.05) is 23.5 Å². The van der Waals surface area contributed by atoms with Gasteiger partial charge in [-0.1, -0.05) is 68.0 Å². The van der Waals surface area contributed by atoms with E-state index in [1.54, 1.807) is 19.2 Å². The molecular weight excluding hydrogens is 464 g/mol. The highest BCUT2D eigenvalue weighted by Gasteiger charge is 2.44. The Morgan fingerprint density at radius 2 is 1.76 bits per heavy atom. The number of benzene rings is 2. The van der Waals surface area contributed by atoms with Crippen molar-refractivity contribution in [3.8, 4) is 17.2 Å². The van der Waals surface area contributed by atoms with Crippen molar-refractivity contribution in [3.05, 3.63) is 76.4 Å². The Balaban J connectivity index is 1.93. The summed E-state index contributed by atoms with van der Waals surface area (Å²) in [6.45, 7) is 8.82. The van der Waals surface area contributed by atoms with Gasteiger partial charge in [0.05, 0.1) is 19.8 Å². The number of fused-ring (bicyclic) bond motifs is 2. The van der Waals surface area contributed by atoms with Crippen LogP contribution in [0.1, 0.15) is 85.2 Å². The highest BCUT2D eigenvalue weighted by Crippen LogP contribution is 2.52. The number of carbonyl (C=O) groups is 2. The van der Waals surface area contributed by atoms with E-state index in [2.05, 4.69) is 45.9 Å². The summed E-state index contributed by atoms with van der Waals surface area (Å²) in [5.41, 5.74) is 2.65. The van der Waals surface area contributed by atoms with E-state index in [1.807, 2.05) is 18.2 Å². The molecule has 5 heteroatoms. The average Bonchev–Trinajstić information content (AvgIpc) is 2.90. The first kappa shape index (κ1) is 26.7. The zero-order chi connectivity index (χ0) is 26.8. The van der Waals surface area contributed by atoms with Gasteiger partial charge in [0.2, 0.25) is 5.78 Å². The molecule has 0 bridgehead atoms. The first-order valence-electron chi connectivity index (χ1n) is 13.0. The van der Waals surface area contributed by atoms with Gasteiger partial charge in [0.15, 0.2) is 6.29 Å². The maximum Gasteiger partial charge on any atom is 0.200 e. The van der Waals surface area contributed by atoms with Gasteiger partial charge in [0.25, 0.3) is 0 Å². The van der Waals surface area contributed by atoms with Crippen LogP contribution in [-0.2, 0) is 6.42 Å². The maximum atomic E-state index is 13.9. The van der Waals surface area contributed by atoms with Crippen LogP contribution in [0.25, 0.3) is 0 Å². The molecule has 4 rings (SSSR count). The largest absolute Gasteiger partial charge is 0.495 e. The fourth-order valence-electron chi connectivity index (χ4n) is 5.56. The summed E-state index contributed by atoms with van der Waals surface area (Å²) in [6, 6.07) is 9.03. The number of hydrogen-bond acceptors (Lipinski definition) is 5. The molecule has 1 heterocycles. The summed E-state index contributed by atoms with van der Waals surface area (Å²) in [4.78, 5) is 26.2. The lowest BCUT2D eigenvalue weighted by Gasteiger charge is -2.44. The Hall–Kier alpha value is -3.34. The van der Waals surface area contributed by atoms with E-state index in [1.165, 1.54) is 12.7 Å². The van der Waals surface area contributed by atoms with Crippen LogP contribution in [0.5, 0.6) is 17.2 Å². The van der Waals surface area contributed by atoms with Crippen LogP contribution < -0.4 is 14.2 Å². The van der Waals surface area contributed by atoms with Gasteiger partial charge in [-0.25, -0.2) is 0 Å². The van der Waals surface area contributed by atoms with E-state index in [0.717, 1.165) is 24.8 Å². The SMILES string of the molecule is COc1c(C=O)c(OC)c(C(=O)c2ccccc2)c2c1CC1CC/C(C)=C/CC(C)(C)/C=C/CC1(C)O2. The molecule has 0 amide bonds. The monoisotopic (exact) mass is 502 g/mol. The second-order valence-electron chi connectivity index (χ2n) is 11.2. The third-order valence-corrected chi connectivity index (χ3v) is 7.89. The molecule has 0 N–H and O–H groups in total. The van der Waals surface area contributed by atoms with Crippen LogP contribution in [0, 0.1) is 11.3 Å². The Bertz CT molecular complexity index is 1240. The number of rotatable bonds is 5. The van der Waals surface area contributed by atoms with Crippen molar-refractivity contribution in [2.45, 2.75) is 65.4 Å². The predicted molar refractivity (Wildman–Crippen MR) is 146 cm³/mol. The van der Waals surface area contributed by atoms with Gasteiger partial charge >= 0.3 is 0 Å². The first-order valence-corrected chi connectivity index (χ1v) is 13.0. The average molecular weight is 503 g/mol. The summed E-state index contributed by atoms with van der Waals surface area (Å²) in [5, 5.41) is 0. The molecule has 0 fully saturated rings. The van der Waals surface area contributed by atoms with Crippen LogP contribution in [-0.4, -0.2) is 31.9 Å². The van der Waals surface area contributed by atoms with Crippen molar-refractivity contribution in [1.29, 1.82) is 0 Å². The van der Waals surface area contributed by atoms with E-state index in [-0.39, 0.29) is 34.0 Å². The number of methoxy groups -OCH3 is 2. The van der Waals surface area contributed by atoms with Crippen LogP contribution in [0.4, 0.5) is 0 Å². The number of ketones is 1. The van der Waals surface area contributed by atoms with E-state index < -0.39 is 5.60 Å². The van der Waals surface area contributed by atoms with Gasteiger partial charge < -0.3 is 14.2 Å². The fourth-order valence-corrected chi connectivity index (χ4v) is 5.56. The number of allylic oxidation sites excluding steroid dienone is 3. The molecule has 0 spiro atoms. The minimum Gasteiger partial charge on any atom is -0.495 e. The van der Waals surface area contributed by atoms with Crippen molar-refractivity contribution in [2.24, 2.45) is 11.3 Å². The molecule has 1 aliphatic heterocycles. The van der Waals surface area contributed by atoms with Gasteiger partial charge in [-0.3, -0.25) is 9.59 Å². The Morgan fingerprint density at radius 1 is 1.05 bits per heavy atom. The van der Waals surface area contributed by atoms with E-state index >= 15 is 0 Å². The van der Waals surface area contributed by atoms with Crippen LogP contribution in [0.3, 0.4) is 0 Å². The highest BCUT2D eigenvalue weighted by molar-refractivity contribution is 6.14. The third kappa shape index (κ3) is 5.22. The molecule has 0 radical (unpaired) electrons. The Kier molecular flexibility index (Phi) is 7.63. The third-order valence-electron chi connectivity index (χ3n) is 7.89. The van der Waals surface area contributed by atoms with E-state index in [9.17, 15) is 9.59 Å². The number of carbonyl (C=O) groups excluding carboxylic acids is 2. The van der Waals surface area contributed by atoms with Crippen molar-refractivity contribution in [2.75, 3.05) is 14.2 Å². The number of hydrogen-bond donors (Lipinski definition) is 0. The van der Waals surface area contributed by atoms with Crippen LogP contribution >= 0.6 is 0 Å². The normalized spacial score (nSPS) is 25.1. The summed E-state index contributed by atoms with van der Waals surface area (Å²) < 4.78 is 18.4. The van der Waals surface area contributed by atoms with Crippen molar-refractivity contribution < 1.29 is 23.8 Å². The lowest BCUT2D eigenvalue weighted by atomic mass is 9.74. The van der Waals surface area contributed by atoms with Crippen molar-refractivity contribution in [1.82, 2.24) is 0 Å². The molecule has 2 unspecified atom stereocenters. The van der Waals surface area contributed by atoms with Gasteiger partial charge in [-0.2, -0.15) is 0 Å². The fraction of sp³-hybridized carbons (Fsp3) is 0.438. The molecule has 2 aromatic rings. The standard InChI is InChI=1S/C32H38O5/c1-21-13-14-23-19-24-28(35-5)25(20-33)29(36-6)26(27(34)22-11-8-7-9-12-22)30(24)37-32(23,4)17-10-16-31(2,3)18-15-21/h7-12,15-16,20,23H,13-14,17-19H2,1-6H3/b16-10+,21-15+. The van der Waals surface area contributed by atoms with E-state index in [0.29, 0.717) is 36.2 Å². The molecule has 37 heavy (non-hydrogen) atoms. The summed E-state index contributed by atoms with van der Waals surface area (Å²) in [7, 11) is 3.01. The van der Waals surface area contributed by atoms with E-state index in [4.69, 9.17) is 14.2 Å². The topological polar surface area (TPSA) is 61.8 Å². The zero-order valence-corrected chi connectivity index (χ0v) is 22.9. The molecule has 2 aromatic carbocycles. The van der Waals surface area contributed by atoms with Gasteiger partial charge in [-0.15, -0.1) is 0 Å². The zero-order valence-electron chi connectivity index (χ0n) is 22.9. The minimum atomic E-state index is -0.547. The highest BCUT2D eigenvalue weighted by atomic mass is 16.5. The minimum absolute atomic E-state index is 0.0454. The van der Waals surface area contributed by atoms with Gasteiger partial charge in [0.1, 0.15) is 28.4 Å². The maximum absolute atomic E-state index is 13.9. The summed E-state index contributed by atoms with van der Waals surface area (Å²) in [5.74, 6) is 0.992. The molecular formula is C32H38O5. The lowest BCUT2D eigenvalue weighted by Crippen LogP contribution is -2.45. The van der Waals surface area contributed by atoms with Gasteiger partial charge in [-0.05, 0) is 44.9 Å². The van der Waals surface area contributed by atoms with Crippen LogP contribution in [0.15, 0.2) is 54.1 Å². The first-order chi connectivity index (χ1) is 17.6. The Labute approximate surface area is 220 Å². The number of aldehydes is 1. The number of ether oxygens (including phenoxy) is 3. The smallest absolute Gasteiger partial charge is 0.200 e. The molecule has 2 aliphatic rings. The second kappa shape index (κ2) is 10.6. The molecule has 0 saturated heterocycles. The summed E-state index contributed by atoms with van der Waals surface area (Å²) in [6.07, 6.45) is 11.8. The molecule has 196 valence electrons. The lowest BCUT2D eigenvalue weighted by molar-refractivity contribution is 0.00644. The molecule has 0 saturated carbocycles. The van der Waals surface area contributed by atoms with Crippen LogP contribution in [0.2, 0.25) is 0 Å². The molecule has 1 aliphatic carbocycles. The second-order valence-corrected chi connectivity index (χ2v) is 11.2. The predicted octanol–water partition coefficient (Wildman–Crippen LogP) is 7.16. The molecule has 2 atom stereocenters.